The summed E-state index contributed by atoms with van der Waals surface area (Å²) in [6.45, 7) is 3.42. The molecule has 3 rings (SSSR count). The average molecular weight is 278 g/mol. The molecule has 0 bridgehead atoms. The predicted octanol–water partition coefficient (Wildman–Crippen LogP) is 4.25. The molecular formula is C18H18N2O. The quantitative estimate of drug-likeness (QED) is 0.757. The number of pyridine rings is 1. The van der Waals surface area contributed by atoms with Crippen molar-refractivity contribution in [3.63, 3.8) is 0 Å². The number of ether oxygens (including phenoxy) is 1. The van der Waals surface area contributed by atoms with Gasteiger partial charge in [0.05, 0.1) is 12.1 Å². The molecule has 0 fully saturated rings. The number of hydrogen-bond donors (Lipinski definition) is 1. The van der Waals surface area contributed by atoms with Crippen LogP contribution in [0.5, 0.6) is 5.75 Å². The van der Waals surface area contributed by atoms with Crippen LogP contribution < -0.4 is 10.1 Å². The Morgan fingerprint density at radius 2 is 1.95 bits per heavy atom. The molecular weight excluding hydrogens is 260 g/mol. The molecule has 0 amide bonds. The molecule has 3 heteroatoms. The lowest BCUT2D eigenvalue weighted by atomic mass is 10.1. The van der Waals surface area contributed by atoms with Crippen molar-refractivity contribution in [2.45, 2.75) is 13.5 Å². The smallest absolute Gasteiger partial charge is 0.124 e. The van der Waals surface area contributed by atoms with Gasteiger partial charge in [0.2, 0.25) is 0 Å². The van der Waals surface area contributed by atoms with Crippen molar-refractivity contribution in [2.24, 2.45) is 0 Å². The van der Waals surface area contributed by atoms with E-state index in [0.717, 1.165) is 34.4 Å². The van der Waals surface area contributed by atoms with E-state index in [1.807, 2.05) is 43.5 Å². The first-order valence-corrected chi connectivity index (χ1v) is 7.16. The largest absolute Gasteiger partial charge is 0.494 e. The number of para-hydroxylation sites is 1. The van der Waals surface area contributed by atoms with Crippen LogP contribution in [0.25, 0.3) is 10.9 Å². The van der Waals surface area contributed by atoms with Gasteiger partial charge in [0.25, 0.3) is 0 Å². The first-order chi connectivity index (χ1) is 10.4. The number of aromatic nitrogens is 1. The zero-order chi connectivity index (χ0) is 14.5. The highest BCUT2D eigenvalue weighted by atomic mass is 16.5. The summed E-state index contributed by atoms with van der Waals surface area (Å²) < 4.78 is 5.65. The lowest BCUT2D eigenvalue weighted by Crippen LogP contribution is -2.03. The van der Waals surface area contributed by atoms with Crippen LogP contribution in [0.4, 0.5) is 5.69 Å². The summed E-state index contributed by atoms with van der Waals surface area (Å²) in [5.74, 6) is 0.940. The Balaban J connectivity index is 1.77. The summed E-state index contributed by atoms with van der Waals surface area (Å²) in [4.78, 5) is 4.33. The zero-order valence-corrected chi connectivity index (χ0v) is 12.0. The van der Waals surface area contributed by atoms with Gasteiger partial charge in [0.15, 0.2) is 0 Å². The fourth-order valence-corrected chi connectivity index (χ4v) is 2.33. The molecule has 1 aromatic heterocycles. The standard InChI is InChI=1S/C18H18N2O/c1-2-21-18-8-4-3-6-15(18)13-20-16-9-10-17-14(12-16)7-5-11-19-17/h3-12,20H,2,13H2,1H3. The van der Waals surface area contributed by atoms with Crippen molar-refractivity contribution in [1.82, 2.24) is 4.98 Å². The Kier molecular flexibility index (Phi) is 4.01. The summed E-state index contributed by atoms with van der Waals surface area (Å²) >= 11 is 0. The molecule has 3 aromatic rings. The van der Waals surface area contributed by atoms with E-state index in [9.17, 15) is 0 Å². The highest BCUT2D eigenvalue weighted by Gasteiger charge is 2.02. The van der Waals surface area contributed by atoms with Crippen molar-refractivity contribution in [2.75, 3.05) is 11.9 Å². The number of fused-ring (bicyclic) bond motifs is 1. The minimum atomic E-state index is 0.679. The Bertz CT molecular complexity index is 740. The van der Waals surface area contributed by atoms with Crippen molar-refractivity contribution < 1.29 is 4.74 Å². The normalized spacial score (nSPS) is 10.5. The molecule has 0 saturated heterocycles. The zero-order valence-electron chi connectivity index (χ0n) is 12.0. The van der Waals surface area contributed by atoms with Gasteiger partial charge in [-0.1, -0.05) is 24.3 Å². The van der Waals surface area contributed by atoms with Gasteiger partial charge in [-0.05, 0) is 37.3 Å². The number of rotatable bonds is 5. The SMILES string of the molecule is CCOc1ccccc1CNc1ccc2ncccc2c1. The summed E-state index contributed by atoms with van der Waals surface area (Å²) in [6.07, 6.45) is 1.81. The highest BCUT2D eigenvalue weighted by Crippen LogP contribution is 2.21. The van der Waals surface area contributed by atoms with E-state index in [1.165, 1.54) is 0 Å². The van der Waals surface area contributed by atoms with Crippen molar-refractivity contribution in [3.05, 3.63) is 66.4 Å². The molecule has 0 radical (unpaired) electrons. The Labute approximate surface area is 124 Å². The second-order valence-corrected chi connectivity index (χ2v) is 4.81. The molecule has 3 nitrogen and oxygen atoms in total. The van der Waals surface area contributed by atoms with Crippen molar-refractivity contribution in [3.8, 4) is 5.75 Å². The molecule has 0 atom stereocenters. The fraction of sp³-hybridized carbons (Fsp3) is 0.167. The molecule has 0 aliphatic rings. The molecule has 0 aliphatic carbocycles. The van der Waals surface area contributed by atoms with E-state index < -0.39 is 0 Å². The third-order valence-corrected chi connectivity index (χ3v) is 3.36. The molecule has 1 N–H and O–H groups in total. The Morgan fingerprint density at radius 3 is 2.86 bits per heavy atom. The van der Waals surface area contributed by atoms with Crippen molar-refractivity contribution in [1.29, 1.82) is 0 Å². The number of hydrogen-bond acceptors (Lipinski definition) is 3. The van der Waals surface area contributed by atoms with Gasteiger partial charge in [-0.2, -0.15) is 0 Å². The van der Waals surface area contributed by atoms with Crippen LogP contribution in [-0.2, 0) is 6.54 Å². The summed E-state index contributed by atoms with van der Waals surface area (Å²) in [7, 11) is 0. The molecule has 106 valence electrons. The Morgan fingerprint density at radius 1 is 1.05 bits per heavy atom. The lowest BCUT2D eigenvalue weighted by Gasteiger charge is -2.12. The van der Waals surface area contributed by atoms with E-state index in [0.29, 0.717) is 6.61 Å². The second-order valence-electron chi connectivity index (χ2n) is 4.81. The van der Waals surface area contributed by atoms with Gasteiger partial charge in [0, 0.05) is 29.4 Å². The molecule has 1 heterocycles. The van der Waals surface area contributed by atoms with Crippen LogP contribution in [-0.4, -0.2) is 11.6 Å². The Hall–Kier alpha value is -2.55. The van der Waals surface area contributed by atoms with Gasteiger partial charge in [-0.25, -0.2) is 0 Å². The van der Waals surface area contributed by atoms with E-state index >= 15 is 0 Å². The van der Waals surface area contributed by atoms with E-state index in [1.54, 1.807) is 0 Å². The summed E-state index contributed by atoms with van der Waals surface area (Å²) in [6, 6.07) is 18.3. The summed E-state index contributed by atoms with van der Waals surface area (Å²) in [5.41, 5.74) is 3.25. The molecule has 2 aromatic carbocycles. The van der Waals surface area contributed by atoms with Crippen LogP contribution in [0.2, 0.25) is 0 Å². The third kappa shape index (κ3) is 3.14. The van der Waals surface area contributed by atoms with E-state index in [-0.39, 0.29) is 0 Å². The average Bonchev–Trinajstić information content (AvgIpc) is 2.54. The maximum atomic E-state index is 5.65. The second kappa shape index (κ2) is 6.27. The first-order valence-electron chi connectivity index (χ1n) is 7.16. The molecule has 0 spiro atoms. The van der Waals surface area contributed by atoms with Crippen LogP contribution in [0.1, 0.15) is 12.5 Å². The number of benzene rings is 2. The third-order valence-electron chi connectivity index (χ3n) is 3.36. The minimum absolute atomic E-state index is 0.679. The molecule has 0 aliphatic heterocycles. The van der Waals surface area contributed by atoms with Gasteiger partial charge in [-0.3, -0.25) is 4.98 Å². The van der Waals surface area contributed by atoms with Gasteiger partial charge >= 0.3 is 0 Å². The number of nitrogens with one attached hydrogen (secondary N) is 1. The maximum Gasteiger partial charge on any atom is 0.124 e. The van der Waals surface area contributed by atoms with Gasteiger partial charge in [0.1, 0.15) is 5.75 Å². The van der Waals surface area contributed by atoms with Crippen LogP contribution in [0.3, 0.4) is 0 Å². The molecule has 21 heavy (non-hydrogen) atoms. The number of nitrogens with zero attached hydrogens (tertiary/aromatic N) is 1. The topological polar surface area (TPSA) is 34.1 Å². The van der Waals surface area contributed by atoms with Gasteiger partial charge in [-0.15, -0.1) is 0 Å². The molecule has 0 unspecified atom stereocenters. The van der Waals surface area contributed by atoms with Crippen LogP contribution in [0, 0.1) is 0 Å². The lowest BCUT2D eigenvalue weighted by molar-refractivity contribution is 0.337. The maximum absolute atomic E-state index is 5.65. The minimum Gasteiger partial charge on any atom is -0.494 e. The fourth-order valence-electron chi connectivity index (χ4n) is 2.33. The van der Waals surface area contributed by atoms with E-state index in [4.69, 9.17) is 4.74 Å². The number of anilines is 1. The predicted molar refractivity (Wildman–Crippen MR) is 86.7 cm³/mol. The summed E-state index contributed by atoms with van der Waals surface area (Å²) in [5, 5.41) is 4.58. The van der Waals surface area contributed by atoms with Crippen LogP contribution in [0.15, 0.2) is 60.8 Å². The molecule has 0 saturated carbocycles. The van der Waals surface area contributed by atoms with Gasteiger partial charge < -0.3 is 10.1 Å². The van der Waals surface area contributed by atoms with Crippen LogP contribution >= 0.6 is 0 Å². The first kappa shape index (κ1) is 13.4. The highest BCUT2D eigenvalue weighted by molar-refractivity contribution is 5.82. The van der Waals surface area contributed by atoms with E-state index in [2.05, 4.69) is 34.6 Å². The monoisotopic (exact) mass is 278 g/mol. The van der Waals surface area contributed by atoms with Crippen molar-refractivity contribution >= 4 is 16.6 Å².